The average Bonchev–Trinajstić information content (AvgIpc) is 2.70. The van der Waals surface area contributed by atoms with Crippen molar-refractivity contribution in [2.75, 3.05) is 26.3 Å². The summed E-state index contributed by atoms with van der Waals surface area (Å²) in [5.74, 6) is -0.305. The number of aliphatic hydroxyl groups excluding tert-OH is 1. The lowest BCUT2D eigenvalue weighted by Gasteiger charge is -2.42. The molecule has 150 valence electrons. The van der Waals surface area contributed by atoms with Gasteiger partial charge in [0.25, 0.3) is 0 Å². The lowest BCUT2D eigenvalue weighted by Crippen LogP contribution is -2.46. The number of hydrogen-bond acceptors (Lipinski definition) is 3. The van der Waals surface area contributed by atoms with Crippen LogP contribution in [0.3, 0.4) is 0 Å². The number of hydrogen-bond donors (Lipinski definition) is 1. The van der Waals surface area contributed by atoms with Crippen molar-refractivity contribution in [1.82, 2.24) is 4.90 Å². The molecule has 0 radical (unpaired) electrons. The molecule has 0 amide bonds. The summed E-state index contributed by atoms with van der Waals surface area (Å²) in [5, 5.41) is 10.1. The smallest absolute Gasteiger partial charge is 0.129 e. The fourth-order valence-electron chi connectivity index (χ4n) is 4.01. The zero-order valence-corrected chi connectivity index (χ0v) is 16.0. The Bertz CT molecular complexity index is 811. The Kier molecular flexibility index (Phi) is 6.81. The number of rotatable bonds is 8. The molecule has 0 bridgehead atoms. The van der Waals surface area contributed by atoms with E-state index in [-0.39, 0.29) is 6.61 Å². The van der Waals surface area contributed by atoms with E-state index in [1.165, 1.54) is 12.1 Å². The largest absolute Gasteiger partial charge is 0.489 e. The van der Waals surface area contributed by atoms with E-state index in [9.17, 15) is 13.9 Å². The van der Waals surface area contributed by atoms with E-state index in [0.717, 1.165) is 36.8 Å². The van der Waals surface area contributed by atoms with Gasteiger partial charge in [0, 0.05) is 30.1 Å². The molecule has 1 aliphatic heterocycles. The normalized spacial score (nSPS) is 20.1. The molecule has 0 saturated carbocycles. The predicted molar refractivity (Wildman–Crippen MR) is 106 cm³/mol. The first-order valence-electron chi connectivity index (χ1n) is 9.64. The molecule has 3 nitrogen and oxygen atoms in total. The minimum Gasteiger partial charge on any atom is -0.489 e. The summed E-state index contributed by atoms with van der Waals surface area (Å²) in [6, 6.07) is 11.6. The first kappa shape index (κ1) is 20.5. The van der Waals surface area contributed by atoms with Gasteiger partial charge >= 0.3 is 0 Å². The zero-order chi connectivity index (χ0) is 20.0. The van der Waals surface area contributed by atoms with E-state index in [0.29, 0.717) is 31.7 Å². The van der Waals surface area contributed by atoms with Gasteiger partial charge < -0.3 is 9.84 Å². The molecule has 2 aromatic rings. The number of piperidine rings is 1. The van der Waals surface area contributed by atoms with E-state index >= 15 is 0 Å². The second-order valence-corrected chi connectivity index (χ2v) is 7.59. The first-order valence-corrected chi connectivity index (χ1v) is 9.64. The van der Waals surface area contributed by atoms with Crippen LogP contribution in [0.25, 0.3) is 0 Å². The van der Waals surface area contributed by atoms with E-state index < -0.39 is 17.0 Å². The summed E-state index contributed by atoms with van der Waals surface area (Å²) in [4.78, 5) is 2.28. The van der Waals surface area contributed by atoms with Crippen molar-refractivity contribution >= 4 is 0 Å². The molecule has 1 saturated heterocycles. The van der Waals surface area contributed by atoms with Crippen LogP contribution in [0.15, 0.2) is 55.1 Å². The van der Waals surface area contributed by atoms with Crippen LogP contribution < -0.4 is 4.74 Å². The van der Waals surface area contributed by atoms with Crippen molar-refractivity contribution < 1.29 is 18.6 Å². The summed E-state index contributed by atoms with van der Waals surface area (Å²) in [6.45, 7) is 6.35. The summed E-state index contributed by atoms with van der Waals surface area (Å²) in [5.41, 5.74) is 1.09. The number of aliphatic hydroxyl groups is 1. The van der Waals surface area contributed by atoms with Gasteiger partial charge in [-0.1, -0.05) is 36.9 Å². The van der Waals surface area contributed by atoms with Crippen LogP contribution in [0, 0.1) is 17.0 Å². The molecular weight excluding hydrogens is 360 g/mol. The Morgan fingerprint density at radius 1 is 1.18 bits per heavy atom. The first-order chi connectivity index (χ1) is 13.5. The highest BCUT2D eigenvalue weighted by Gasteiger charge is 2.36. The maximum atomic E-state index is 14.2. The quantitative estimate of drug-likeness (QED) is 0.684. The maximum Gasteiger partial charge on any atom is 0.129 e. The van der Waals surface area contributed by atoms with Crippen LogP contribution >= 0.6 is 0 Å². The highest BCUT2D eigenvalue weighted by atomic mass is 19.1. The minimum atomic E-state index is -0.583. The molecule has 1 N–H and O–H groups in total. The number of nitrogens with zero attached hydrogens (tertiary/aromatic N) is 1. The van der Waals surface area contributed by atoms with Crippen LogP contribution in [0.5, 0.6) is 5.75 Å². The van der Waals surface area contributed by atoms with E-state index in [2.05, 4.69) is 11.5 Å². The van der Waals surface area contributed by atoms with Gasteiger partial charge in [0.1, 0.15) is 24.0 Å². The Hall–Kier alpha value is -2.24. The molecular formula is C23H27F2NO2. The summed E-state index contributed by atoms with van der Waals surface area (Å²) < 4.78 is 33.1. The average molecular weight is 387 g/mol. The monoisotopic (exact) mass is 387 g/mol. The van der Waals surface area contributed by atoms with Crippen LogP contribution in [-0.4, -0.2) is 36.3 Å². The maximum absolute atomic E-state index is 14.2. The molecule has 2 aromatic carbocycles. The van der Waals surface area contributed by atoms with Crippen molar-refractivity contribution in [3.63, 3.8) is 0 Å². The van der Waals surface area contributed by atoms with Crippen LogP contribution in [0.4, 0.5) is 8.78 Å². The molecule has 3 rings (SSSR count). The Morgan fingerprint density at radius 3 is 2.75 bits per heavy atom. The molecule has 0 aliphatic carbocycles. The fraction of sp³-hybridized carbons (Fsp3) is 0.391. The molecule has 0 aromatic heterocycles. The van der Waals surface area contributed by atoms with Gasteiger partial charge in [-0.05, 0) is 43.5 Å². The van der Waals surface area contributed by atoms with E-state index in [1.54, 1.807) is 6.08 Å². The number of benzene rings is 2. The van der Waals surface area contributed by atoms with Crippen molar-refractivity contribution in [1.29, 1.82) is 0 Å². The predicted octanol–water partition coefficient (Wildman–Crippen LogP) is 4.35. The minimum absolute atomic E-state index is 0.0328. The molecule has 1 atom stereocenters. The van der Waals surface area contributed by atoms with Gasteiger partial charge in [-0.2, -0.15) is 0 Å². The van der Waals surface area contributed by atoms with Gasteiger partial charge in [0.15, 0.2) is 0 Å². The molecule has 0 spiro atoms. The number of halogens is 2. The van der Waals surface area contributed by atoms with Gasteiger partial charge in [0.2, 0.25) is 0 Å². The highest BCUT2D eigenvalue weighted by molar-refractivity contribution is 5.33. The Labute approximate surface area is 165 Å². The van der Waals surface area contributed by atoms with Crippen LogP contribution in [0.1, 0.15) is 24.0 Å². The zero-order valence-electron chi connectivity index (χ0n) is 16.0. The summed E-state index contributed by atoms with van der Waals surface area (Å²) >= 11 is 0. The third kappa shape index (κ3) is 4.97. The molecule has 1 aliphatic rings. The van der Waals surface area contributed by atoms with Gasteiger partial charge in [-0.25, -0.2) is 8.78 Å². The van der Waals surface area contributed by atoms with Crippen molar-refractivity contribution in [2.24, 2.45) is 5.41 Å². The Balaban J connectivity index is 1.74. The van der Waals surface area contributed by atoms with E-state index in [4.69, 9.17) is 4.74 Å². The third-order valence-corrected chi connectivity index (χ3v) is 5.38. The van der Waals surface area contributed by atoms with Crippen molar-refractivity contribution in [2.45, 2.75) is 25.8 Å². The molecule has 28 heavy (non-hydrogen) atoms. The van der Waals surface area contributed by atoms with Crippen LogP contribution in [-0.2, 0) is 13.0 Å². The summed E-state index contributed by atoms with van der Waals surface area (Å²) in [7, 11) is 0. The van der Waals surface area contributed by atoms with Crippen molar-refractivity contribution in [3.8, 4) is 5.75 Å². The number of para-hydroxylation sites is 1. The summed E-state index contributed by atoms with van der Waals surface area (Å²) in [6.07, 6.45) is 3.83. The van der Waals surface area contributed by atoms with Gasteiger partial charge in [0.05, 0.1) is 6.61 Å². The SMILES string of the molecule is C=CCOc1ccccc1CN1CCC[C@@](CO)(Cc2ccc(F)cc2F)C1. The standard InChI is InChI=1S/C23H27F2NO2/c1-2-12-28-22-7-4-3-6-19(22)15-26-11-5-10-23(16-26,17-27)14-18-8-9-20(24)13-21(18)25/h2-4,6-9,13,27H,1,5,10-12,14-17H2/t23-/m1/s1. The second kappa shape index (κ2) is 9.30. The van der Waals surface area contributed by atoms with E-state index in [1.807, 2.05) is 24.3 Å². The lowest BCUT2D eigenvalue weighted by atomic mass is 9.75. The Morgan fingerprint density at radius 2 is 2.00 bits per heavy atom. The second-order valence-electron chi connectivity index (χ2n) is 7.59. The number of likely N-dealkylation sites (tertiary alicyclic amines) is 1. The topological polar surface area (TPSA) is 32.7 Å². The molecule has 0 unspecified atom stereocenters. The fourth-order valence-corrected chi connectivity index (χ4v) is 4.01. The highest BCUT2D eigenvalue weighted by Crippen LogP contribution is 2.35. The van der Waals surface area contributed by atoms with Gasteiger partial charge in [-0.15, -0.1) is 0 Å². The molecule has 1 fully saturated rings. The number of ether oxygens (including phenoxy) is 1. The van der Waals surface area contributed by atoms with Gasteiger partial charge in [-0.3, -0.25) is 4.90 Å². The molecule has 5 heteroatoms. The molecule has 1 heterocycles. The third-order valence-electron chi connectivity index (χ3n) is 5.38. The van der Waals surface area contributed by atoms with Crippen molar-refractivity contribution in [3.05, 3.63) is 77.9 Å². The van der Waals surface area contributed by atoms with Crippen LogP contribution in [0.2, 0.25) is 0 Å². The lowest BCUT2D eigenvalue weighted by molar-refractivity contribution is 0.0279.